The van der Waals surface area contributed by atoms with Crippen molar-refractivity contribution in [2.45, 2.75) is 193 Å². The minimum atomic E-state index is 0.845. The zero-order valence-corrected chi connectivity index (χ0v) is 25.7. The summed E-state index contributed by atoms with van der Waals surface area (Å²) in [6, 6.07) is 5.21. The van der Waals surface area contributed by atoms with E-state index in [-0.39, 0.29) is 0 Å². The van der Waals surface area contributed by atoms with Gasteiger partial charge in [-0.25, -0.2) is 0 Å². The van der Waals surface area contributed by atoms with E-state index in [0.29, 0.717) is 0 Å². The topological polar surface area (TPSA) is 6.48 Å². The van der Waals surface area contributed by atoms with Crippen molar-refractivity contribution in [3.05, 3.63) is 0 Å². The molecule has 214 valence electrons. The lowest BCUT2D eigenvalue weighted by Crippen LogP contribution is -2.59. The number of hydrogen-bond donors (Lipinski definition) is 0. The van der Waals surface area contributed by atoms with Gasteiger partial charge in [0.05, 0.1) is 0 Å². The first-order chi connectivity index (χ1) is 17.9. The maximum Gasteiger partial charge on any atom is 0.0119 e. The van der Waals surface area contributed by atoms with Crippen LogP contribution in [0.25, 0.3) is 0 Å². The van der Waals surface area contributed by atoms with Gasteiger partial charge in [-0.15, -0.1) is 0 Å². The molecule has 0 bridgehead atoms. The monoisotopic (exact) mass is 513 g/mol. The summed E-state index contributed by atoms with van der Waals surface area (Å²) in [5, 5.41) is 0. The molecule has 0 spiro atoms. The summed E-state index contributed by atoms with van der Waals surface area (Å²) in [6.45, 7) is 12.7. The van der Waals surface area contributed by atoms with Crippen LogP contribution in [-0.2, 0) is 0 Å². The van der Waals surface area contributed by atoms with Crippen LogP contribution in [-0.4, -0.2) is 46.1 Å². The van der Waals surface area contributed by atoms with E-state index in [2.05, 4.69) is 44.4 Å². The molecule has 2 heteroatoms. The van der Waals surface area contributed by atoms with E-state index < -0.39 is 0 Å². The predicted molar refractivity (Wildman–Crippen MR) is 160 cm³/mol. The highest BCUT2D eigenvalue weighted by atomic mass is 15.3. The quantitative estimate of drug-likeness (QED) is 0.349. The van der Waals surface area contributed by atoms with Crippen molar-refractivity contribution in [1.29, 1.82) is 0 Å². The molecule has 5 aliphatic carbocycles. The van der Waals surface area contributed by atoms with Crippen LogP contribution in [0.15, 0.2) is 0 Å². The molecule has 0 N–H and O–H groups in total. The largest absolute Gasteiger partial charge is 0.294 e. The molecule has 0 heterocycles. The van der Waals surface area contributed by atoms with Crippen LogP contribution >= 0.6 is 0 Å². The van der Waals surface area contributed by atoms with E-state index in [1.165, 1.54) is 122 Å². The Hall–Kier alpha value is -0.0800. The van der Waals surface area contributed by atoms with E-state index in [4.69, 9.17) is 0 Å². The summed E-state index contributed by atoms with van der Waals surface area (Å²) < 4.78 is 0. The van der Waals surface area contributed by atoms with Crippen molar-refractivity contribution in [3.63, 3.8) is 0 Å². The second-order valence-electron chi connectivity index (χ2n) is 15.7. The van der Waals surface area contributed by atoms with Crippen LogP contribution in [0, 0.1) is 29.6 Å². The molecule has 37 heavy (non-hydrogen) atoms. The van der Waals surface area contributed by atoms with Gasteiger partial charge in [-0.3, -0.25) is 9.80 Å². The van der Waals surface area contributed by atoms with Crippen LogP contribution in [0.2, 0.25) is 0 Å². The Morgan fingerprint density at radius 1 is 0.270 bits per heavy atom. The molecular weight excluding hydrogens is 448 g/mol. The maximum absolute atomic E-state index is 3.24. The fourth-order valence-electron chi connectivity index (χ4n) is 9.97. The molecule has 0 aliphatic heterocycles. The van der Waals surface area contributed by atoms with Gasteiger partial charge in [-0.2, -0.15) is 0 Å². The van der Waals surface area contributed by atoms with Crippen LogP contribution in [0.4, 0.5) is 0 Å². The minimum absolute atomic E-state index is 0.845. The second-order valence-corrected chi connectivity index (χ2v) is 15.7. The summed E-state index contributed by atoms with van der Waals surface area (Å²) in [5.41, 5.74) is 0. The van der Waals surface area contributed by atoms with Gasteiger partial charge in [0.25, 0.3) is 0 Å². The van der Waals surface area contributed by atoms with Crippen LogP contribution in [0.5, 0.6) is 0 Å². The molecule has 0 saturated heterocycles. The predicted octanol–water partition coefficient (Wildman–Crippen LogP) is 9.46. The summed E-state index contributed by atoms with van der Waals surface area (Å²) in [4.78, 5) is 6.48. The lowest BCUT2D eigenvalue weighted by Gasteiger charge is -2.54. The molecule has 0 radical (unpaired) electrons. The molecule has 5 rings (SSSR count). The van der Waals surface area contributed by atoms with Crippen LogP contribution < -0.4 is 0 Å². The van der Waals surface area contributed by atoms with Crippen molar-refractivity contribution in [1.82, 2.24) is 9.80 Å². The third-order valence-corrected chi connectivity index (χ3v) is 12.4. The van der Waals surface area contributed by atoms with Crippen molar-refractivity contribution >= 4 is 0 Å². The average Bonchev–Trinajstić information content (AvgIpc) is 2.89. The highest BCUT2D eigenvalue weighted by Crippen LogP contribution is 2.43. The minimum Gasteiger partial charge on any atom is -0.294 e. The molecule has 2 atom stereocenters. The smallest absolute Gasteiger partial charge is 0.0119 e. The summed E-state index contributed by atoms with van der Waals surface area (Å²) in [5.74, 6) is 4.73. The van der Waals surface area contributed by atoms with Gasteiger partial charge in [0.15, 0.2) is 0 Å². The fourth-order valence-corrected chi connectivity index (χ4v) is 9.97. The summed E-state index contributed by atoms with van der Waals surface area (Å²) in [6.07, 6.45) is 28.1. The maximum atomic E-state index is 3.24. The molecular formula is C35H64N2. The Morgan fingerprint density at radius 2 is 0.514 bits per heavy atom. The molecule has 0 aromatic carbocycles. The van der Waals surface area contributed by atoms with Gasteiger partial charge in [0.2, 0.25) is 0 Å². The Kier molecular flexibility index (Phi) is 10.0. The average molecular weight is 513 g/mol. The van der Waals surface area contributed by atoms with E-state index >= 15 is 0 Å². The zero-order valence-electron chi connectivity index (χ0n) is 25.7. The Bertz CT molecular complexity index is 559. The summed E-state index contributed by atoms with van der Waals surface area (Å²) >= 11 is 0. The van der Waals surface area contributed by atoms with E-state index in [1.807, 2.05) is 0 Å². The van der Waals surface area contributed by atoms with Gasteiger partial charge < -0.3 is 0 Å². The van der Waals surface area contributed by atoms with Crippen molar-refractivity contribution in [2.24, 2.45) is 29.6 Å². The third-order valence-electron chi connectivity index (χ3n) is 12.4. The first kappa shape index (κ1) is 28.4. The molecule has 0 amide bonds. The van der Waals surface area contributed by atoms with E-state index in [1.54, 1.807) is 0 Å². The van der Waals surface area contributed by atoms with E-state index in [0.717, 1.165) is 65.8 Å². The van der Waals surface area contributed by atoms with Gasteiger partial charge in [0.1, 0.15) is 0 Å². The van der Waals surface area contributed by atoms with Crippen LogP contribution in [0.3, 0.4) is 0 Å². The third kappa shape index (κ3) is 7.17. The lowest BCUT2D eigenvalue weighted by molar-refractivity contribution is -0.0447. The molecule has 0 aromatic rings. The Balaban J connectivity index is 1.36. The van der Waals surface area contributed by atoms with Crippen LogP contribution in [0.1, 0.15) is 157 Å². The lowest BCUT2D eigenvalue weighted by atomic mass is 9.75. The second kappa shape index (κ2) is 13.1. The fraction of sp³-hybridized carbons (Fsp3) is 1.00. The first-order valence-corrected chi connectivity index (χ1v) is 17.4. The Morgan fingerprint density at radius 3 is 0.757 bits per heavy atom. The highest BCUT2D eigenvalue weighted by Gasteiger charge is 2.43. The van der Waals surface area contributed by atoms with Crippen molar-refractivity contribution in [2.75, 3.05) is 0 Å². The van der Waals surface area contributed by atoms with Gasteiger partial charge >= 0.3 is 0 Å². The van der Waals surface area contributed by atoms with Gasteiger partial charge in [0, 0.05) is 36.3 Å². The molecule has 5 aliphatic rings. The zero-order chi connectivity index (χ0) is 25.9. The SMILES string of the molecule is CC1CCC(N(C2CCC(C)CC2)C2CC(C)CC(N(C3CCC(C)CC3)C3CCC(C)CC3)C2)CC1. The number of rotatable bonds is 6. The summed E-state index contributed by atoms with van der Waals surface area (Å²) in [7, 11) is 0. The van der Waals surface area contributed by atoms with Crippen molar-refractivity contribution < 1.29 is 0 Å². The van der Waals surface area contributed by atoms with Crippen molar-refractivity contribution in [3.8, 4) is 0 Å². The molecule has 2 nitrogen and oxygen atoms in total. The van der Waals surface area contributed by atoms with Gasteiger partial charge in [-0.05, 0) is 152 Å². The van der Waals surface area contributed by atoms with Gasteiger partial charge in [-0.1, -0.05) is 34.6 Å². The Labute approximate surface area is 232 Å². The highest BCUT2D eigenvalue weighted by molar-refractivity contribution is 4.98. The first-order valence-electron chi connectivity index (χ1n) is 17.4. The number of hydrogen-bond acceptors (Lipinski definition) is 2. The standard InChI is InChI=1S/C35H64N2/c1-25-6-14-30(15-7-25)36(31-16-8-26(2)9-17-31)34-22-29(5)23-35(24-34)37(32-18-10-27(3)11-19-32)33-20-12-28(4)13-21-33/h25-35H,6-24H2,1-5H3. The molecule has 5 saturated carbocycles. The molecule has 0 aromatic heterocycles. The normalized spacial score (nSPS) is 46.3. The number of nitrogens with zero attached hydrogens (tertiary/aromatic N) is 2. The molecule has 5 fully saturated rings. The van der Waals surface area contributed by atoms with E-state index in [9.17, 15) is 0 Å². The molecule has 2 unspecified atom stereocenters.